The maximum Gasteiger partial charge on any atom is 0.174 e. The van der Waals surface area contributed by atoms with Crippen LogP contribution in [0.4, 0.5) is 0 Å². The summed E-state index contributed by atoms with van der Waals surface area (Å²) in [5.41, 5.74) is -0.429. The number of methoxy groups -OCH3 is 1. The summed E-state index contributed by atoms with van der Waals surface area (Å²) in [6, 6.07) is 9.31. The Morgan fingerprint density at radius 3 is 2.50 bits per heavy atom. The van der Waals surface area contributed by atoms with Crippen LogP contribution in [0.25, 0.3) is 0 Å². The Bertz CT molecular complexity index is 334. The maximum absolute atomic E-state index is 10.2. The largest absolute Gasteiger partial charge is 0.380 e. The van der Waals surface area contributed by atoms with Crippen LogP contribution in [0.3, 0.4) is 0 Å². The molecule has 1 atom stereocenters. The van der Waals surface area contributed by atoms with Crippen molar-refractivity contribution in [3.8, 4) is 11.8 Å². The van der Waals surface area contributed by atoms with E-state index in [2.05, 4.69) is 11.8 Å². The van der Waals surface area contributed by atoms with Gasteiger partial charge in [-0.2, -0.15) is 0 Å². The Hall–Kier alpha value is -1.30. The molecule has 0 amide bonds. The molecule has 1 rings (SSSR count). The van der Waals surface area contributed by atoms with E-state index in [0.29, 0.717) is 0 Å². The first-order chi connectivity index (χ1) is 6.73. The van der Waals surface area contributed by atoms with Crippen LogP contribution < -0.4 is 0 Å². The number of hydrogen-bond acceptors (Lipinski definition) is 2. The van der Waals surface area contributed by atoms with Crippen molar-refractivity contribution in [1.29, 1.82) is 0 Å². The first-order valence-corrected chi connectivity index (χ1v) is 4.43. The SMILES string of the molecule is CC#CC(O)(COC)c1ccccc1. The molecule has 2 heteroatoms. The lowest BCUT2D eigenvalue weighted by molar-refractivity contribution is 0.0104. The Labute approximate surface area is 84.5 Å². The molecule has 1 aromatic rings. The van der Waals surface area contributed by atoms with Crippen molar-refractivity contribution in [3.63, 3.8) is 0 Å². The highest BCUT2D eigenvalue weighted by molar-refractivity contribution is 5.31. The van der Waals surface area contributed by atoms with Crippen LogP contribution in [0.5, 0.6) is 0 Å². The van der Waals surface area contributed by atoms with Crippen molar-refractivity contribution in [3.05, 3.63) is 35.9 Å². The second-order valence-electron chi connectivity index (χ2n) is 3.03. The minimum absolute atomic E-state index is 0.178. The van der Waals surface area contributed by atoms with Gasteiger partial charge in [0.1, 0.15) is 0 Å². The molecule has 1 aromatic carbocycles. The van der Waals surface area contributed by atoms with Crippen molar-refractivity contribution >= 4 is 0 Å². The fourth-order valence-electron chi connectivity index (χ4n) is 1.32. The molecule has 2 nitrogen and oxygen atoms in total. The van der Waals surface area contributed by atoms with Gasteiger partial charge in [-0.25, -0.2) is 0 Å². The minimum Gasteiger partial charge on any atom is -0.380 e. The normalized spacial score (nSPS) is 13.9. The van der Waals surface area contributed by atoms with Crippen LogP contribution in [-0.4, -0.2) is 18.8 Å². The monoisotopic (exact) mass is 190 g/mol. The van der Waals surface area contributed by atoms with Crippen molar-refractivity contribution in [2.24, 2.45) is 0 Å². The van der Waals surface area contributed by atoms with E-state index in [1.54, 1.807) is 14.0 Å². The third kappa shape index (κ3) is 2.35. The Balaban J connectivity index is 3.03. The summed E-state index contributed by atoms with van der Waals surface area (Å²) in [4.78, 5) is 0. The predicted octanol–water partition coefficient (Wildman–Crippen LogP) is 1.54. The van der Waals surface area contributed by atoms with Crippen molar-refractivity contribution in [1.82, 2.24) is 0 Å². The van der Waals surface area contributed by atoms with Gasteiger partial charge in [-0.3, -0.25) is 0 Å². The summed E-state index contributed by atoms with van der Waals surface area (Å²) < 4.78 is 4.96. The highest BCUT2D eigenvalue weighted by Crippen LogP contribution is 2.20. The first kappa shape index (κ1) is 10.8. The molecule has 0 heterocycles. The van der Waals surface area contributed by atoms with E-state index in [9.17, 15) is 5.11 Å². The average Bonchev–Trinajstić information content (AvgIpc) is 2.20. The Morgan fingerprint density at radius 1 is 1.36 bits per heavy atom. The molecular formula is C12H14O2. The molecule has 0 radical (unpaired) electrons. The Kier molecular flexibility index (Phi) is 3.70. The van der Waals surface area contributed by atoms with E-state index in [4.69, 9.17) is 4.74 Å². The summed E-state index contributed by atoms with van der Waals surface area (Å²) in [6.07, 6.45) is 0. The Morgan fingerprint density at radius 2 is 2.00 bits per heavy atom. The quantitative estimate of drug-likeness (QED) is 0.733. The van der Waals surface area contributed by atoms with Gasteiger partial charge in [0.15, 0.2) is 5.60 Å². The van der Waals surface area contributed by atoms with Crippen molar-refractivity contribution in [2.75, 3.05) is 13.7 Å². The number of ether oxygens (including phenoxy) is 1. The van der Waals surface area contributed by atoms with Crippen LogP contribution in [0.1, 0.15) is 12.5 Å². The molecule has 1 unspecified atom stereocenters. The molecule has 0 bridgehead atoms. The van der Waals surface area contributed by atoms with Crippen LogP contribution in [-0.2, 0) is 10.3 Å². The zero-order valence-electron chi connectivity index (χ0n) is 8.45. The lowest BCUT2D eigenvalue weighted by Gasteiger charge is -2.21. The molecule has 0 aliphatic rings. The predicted molar refractivity (Wildman–Crippen MR) is 55.7 cm³/mol. The number of benzene rings is 1. The van der Waals surface area contributed by atoms with E-state index in [1.807, 2.05) is 30.3 Å². The second-order valence-corrected chi connectivity index (χ2v) is 3.03. The van der Waals surface area contributed by atoms with Crippen molar-refractivity contribution < 1.29 is 9.84 Å². The highest BCUT2D eigenvalue weighted by atomic mass is 16.5. The third-order valence-electron chi connectivity index (χ3n) is 1.94. The standard InChI is InChI=1S/C12H14O2/c1-3-9-12(13,10-14-2)11-7-5-4-6-8-11/h4-8,13H,10H2,1-2H3. The maximum atomic E-state index is 10.2. The van der Waals surface area contributed by atoms with Crippen LogP contribution in [0.15, 0.2) is 30.3 Å². The lowest BCUT2D eigenvalue weighted by atomic mass is 9.95. The third-order valence-corrected chi connectivity index (χ3v) is 1.94. The van der Waals surface area contributed by atoms with Gasteiger partial charge >= 0.3 is 0 Å². The molecule has 74 valence electrons. The highest BCUT2D eigenvalue weighted by Gasteiger charge is 2.26. The molecule has 0 saturated carbocycles. The number of aliphatic hydroxyl groups is 1. The van der Waals surface area contributed by atoms with Gasteiger partial charge < -0.3 is 9.84 Å². The van der Waals surface area contributed by atoms with E-state index in [1.165, 1.54) is 0 Å². The molecule has 0 aliphatic heterocycles. The molecule has 0 aliphatic carbocycles. The fourth-order valence-corrected chi connectivity index (χ4v) is 1.32. The summed E-state index contributed by atoms with van der Waals surface area (Å²) in [5.74, 6) is 5.47. The summed E-state index contributed by atoms with van der Waals surface area (Å²) in [5, 5.41) is 10.2. The molecule has 0 saturated heterocycles. The van der Waals surface area contributed by atoms with Gasteiger partial charge in [-0.1, -0.05) is 36.3 Å². The number of hydrogen-bond donors (Lipinski definition) is 1. The zero-order valence-corrected chi connectivity index (χ0v) is 8.45. The van der Waals surface area contributed by atoms with Gasteiger partial charge in [-0.15, -0.1) is 5.92 Å². The average molecular weight is 190 g/mol. The van der Waals surface area contributed by atoms with E-state index >= 15 is 0 Å². The van der Waals surface area contributed by atoms with E-state index in [0.717, 1.165) is 5.56 Å². The molecule has 14 heavy (non-hydrogen) atoms. The van der Waals surface area contributed by atoms with E-state index in [-0.39, 0.29) is 6.61 Å². The fraction of sp³-hybridized carbons (Fsp3) is 0.333. The molecular weight excluding hydrogens is 176 g/mol. The molecule has 1 N–H and O–H groups in total. The molecule has 0 fully saturated rings. The van der Waals surface area contributed by atoms with Gasteiger partial charge in [0, 0.05) is 7.11 Å². The molecule has 0 aromatic heterocycles. The second kappa shape index (κ2) is 4.80. The topological polar surface area (TPSA) is 29.5 Å². The number of rotatable bonds is 3. The van der Waals surface area contributed by atoms with Crippen LogP contribution >= 0.6 is 0 Å². The first-order valence-electron chi connectivity index (χ1n) is 4.43. The van der Waals surface area contributed by atoms with Gasteiger partial charge in [0.05, 0.1) is 6.61 Å². The van der Waals surface area contributed by atoms with E-state index < -0.39 is 5.60 Å². The van der Waals surface area contributed by atoms with Gasteiger partial charge in [0.25, 0.3) is 0 Å². The molecule has 0 spiro atoms. The van der Waals surface area contributed by atoms with Gasteiger partial charge in [-0.05, 0) is 12.5 Å². The van der Waals surface area contributed by atoms with Crippen LogP contribution in [0.2, 0.25) is 0 Å². The summed E-state index contributed by atoms with van der Waals surface area (Å²) >= 11 is 0. The lowest BCUT2D eigenvalue weighted by Crippen LogP contribution is -2.29. The van der Waals surface area contributed by atoms with Crippen LogP contribution in [0, 0.1) is 11.8 Å². The minimum atomic E-state index is -1.19. The smallest absolute Gasteiger partial charge is 0.174 e. The zero-order chi connectivity index (χ0) is 10.4. The van der Waals surface area contributed by atoms with Crippen molar-refractivity contribution in [2.45, 2.75) is 12.5 Å². The summed E-state index contributed by atoms with van der Waals surface area (Å²) in [7, 11) is 1.55. The van der Waals surface area contributed by atoms with Gasteiger partial charge in [0.2, 0.25) is 0 Å². The summed E-state index contributed by atoms with van der Waals surface area (Å²) in [6.45, 7) is 1.88.